The maximum absolute atomic E-state index is 10.4. The van der Waals surface area contributed by atoms with Crippen LogP contribution in [0.15, 0.2) is 36.4 Å². The molecule has 1 aromatic rings. The molecule has 2 heteroatoms. The van der Waals surface area contributed by atoms with Crippen molar-refractivity contribution in [1.29, 1.82) is 0 Å². The highest BCUT2D eigenvalue weighted by atomic mass is 32.1. The van der Waals surface area contributed by atoms with Crippen molar-refractivity contribution in [1.82, 2.24) is 0 Å². The van der Waals surface area contributed by atoms with E-state index in [4.69, 9.17) is 0 Å². The highest BCUT2D eigenvalue weighted by Gasteiger charge is 1.84. The summed E-state index contributed by atoms with van der Waals surface area (Å²) in [6.45, 7) is 0. The van der Waals surface area contributed by atoms with Crippen LogP contribution >= 0.6 is 12.6 Å². The van der Waals surface area contributed by atoms with Gasteiger partial charge in [-0.1, -0.05) is 36.4 Å². The van der Waals surface area contributed by atoms with Gasteiger partial charge < -0.3 is 0 Å². The average molecular weight is 164 g/mol. The van der Waals surface area contributed by atoms with Gasteiger partial charge in [0.25, 0.3) is 0 Å². The maximum atomic E-state index is 10.4. The van der Waals surface area contributed by atoms with Gasteiger partial charge >= 0.3 is 0 Å². The molecule has 0 heterocycles. The second-order valence-electron chi connectivity index (χ2n) is 2.08. The molecule has 0 amide bonds. The first-order chi connectivity index (χ1) is 5.29. The molecule has 56 valence electrons. The predicted octanol–water partition coefficient (Wildman–Crippen LogP) is 2.16. The van der Waals surface area contributed by atoms with Crippen molar-refractivity contribution in [2.75, 3.05) is 0 Å². The summed E-state index contributed by atoms with van der Waals surface area (Å²) < 4.78 is 0. The van der Waals surface area contributed by atoms with Gasteiger partial charge in [-0.25, -0.2) is 0 Å². The molecule has 0 saturated heterocycles. The van der Waals surface area contributed by atoms with Crippen molar-refractivity contribution < 1.29 is 4.79 Å². The Balaban J connectivity index is 2.72. The molecule has 1 nitrogen and oxygen atoms in total. The number of rotatable bonds is 2. The molecular formula is C9H8OS. The molecule has 0 aromatic heterocycles. The Morgan fingerprint density at radius 3 is 2.45 bits per heavy atom. The van der Waals surface area contributed by atoms with Crippen LogP contribution in [0.1, 0.15) is 5.56 Å². The molecule has 0 fully saturated rings. The van der Waals surface area contributed by atoms with Crippen LogP contribution in [0.5, 0.6) is 0 Å². The maximum Gasteiger partial charge on any atom is 0.209 e. The zero-order valence-electron chi connectivity index (χ0n) is 5.90. The van der Waals surface area contributed by atoms with Crippen LogP contribution in [0, 0.1) is 0 Å². The summed E-state index contributed by atoms with van der Waals surface area (Å²) in [4.78, 5) is 10.4. The van der Waals surface area contributed by atoms with E-state index in [-0.39, 0.29) is 5.12 Å². The van der Waals surface area contributed by atoms with Crippen molar-refractivity contribution >= 4 is 23.8 Å². The molecule has 0 saturated carbocycles. The minimum absolute atomic E-state index is 0.228. The van der Waals surface area contributed by atoms with Gasteiger partial charge in [0.05, 0.1) is 0 Å². The summed E-state index contributed by atoms with van der Waals surface area (Å²) in [5, 5.41) is -0.228. The fourth-order valence-electron chi connectivity index (χ4n) is 0.732. The molecule has 0 N–H and O–H groups in total. The molecule has 1 rings (SSSR count). The summed E-state index contributed by atoms with van der Waals surface area (Å²) in [5.74, 6) is 0. The minimum atomic E-state index is -0.228. The lowest BCUT2D eigenvalue weighted by Crippen LogP contribution is -1.75. The number of hydrogen-bond donors (Lipinski definition) is 1. The lowest BCUT2D eigenvalue weighted by molar-refractivity contribution is -0.106. The zero-order chi connectivity index (χ0) is 8.10. The highest BCUT2D eigenvalue weighted by Crippen LogP contribution is 2.00. The van der Waals surface area contributed by atoms with Gasteiger partial charge in [-0.05, 0) is 11.6 Å². The van der Waals surface area contributed by atoms with E-state index < -0.39 is 0 Å². The summed E-state index contributed by atoms with van der Waals surface area (Å²) in [6.07, 6.45) is 3.16. The van der Waals surface area contributed by atoms with Gasteiger partial charge in [0.15, 0.2) is 0 Å². The van der Waals surface area contributed by atoms with E-state index in [0.29, 0.717) is 0 Å². The molecule has 11 heavy (non-hydrogen) atoms. The molecule has 1 aromatic carbocycles. The molecule has 0 aliphatic carbocycles. The van der Waals surface area contributed by atoms with E-state index in [0.717, 1.165) is 5.56 Å². The number of carbonyl (C=O) groups excluding carboxylic acids is 1. The second kappa shape index (κ2) is 3.98. The van der Waals surface area contributed by atoms with E-state index in [1.165, 1.54) is 6.08 Å². The van der Waals surface area contributed by atoms with Crippen molar-refractivity contribution in [2.24, 2.45) is 0 Å². The van der Waals surface area contributed by atoms with E-state index in [1.807, 2.05) is 30.3 Å². The molecular weight excluding hydrogens is 156 g/mol. The Morgan fingerprint density at radius 2 is 1.91 bits per heavy atom. The molecule has 0 aliphatic heterocycles. The molecule has 0 unspecified atom stereocenters. The third kappa shape index (κ3) is 3.05. The summed E-state index contributed by atoms with van der Waals surface area (Å²) in [7, 11) is 0. The summed E-state index contributed by atoms with van der Waals surface area (Å²) in [5.41, 5.74) is 1.01. The molecule has 0 aliphatic rings. The first-order valence-electron chi connectivity index (χ1n) is 3.25. The number of benzene rings is 1. The second-order valence-corrected chi connectivity index (χ2v) is 2.52. The quantitative estimate of drug-likeness (QED) is 0.523. The van der Waals surface area contributed by atoms with E-state index in [1.54, 1.807) is 6.08 Å². The monoisotopic (exact) mass is 164 g/mol. The van der Waals surface area contributed by atoms with Crippen LogP contribution in [0.2, 0.25) is 0 Å². The lowest BCUT2D eigenvalue weighted by Gasteiger charge is -1.88. The summed E-state index contributed by atoms with van der Waals surface area (Å²) >= 11 is 3.60. The largest absolute Gasteiger partial charge is 0.283 e. The first kappa shape index (κ1) is 8.08. The SMILES string of the molecule is O=C(S)/C=C/c1ccccc1. The van der Waals surface area contributed by atoms with Crippen molar-refractivity contribution in [3.8, 4) is 0 Å². The smallest absolute Gasteiger partial charge is 0.209 e. The third-order valence-corrected chi connectivity index (χ3v) is 1.37. The van der Waals surface area contributed by atoms with Gasteiger partial charge in [0.2, 0.25) is 5.12 Å². The van der Waals surface area contributed by atoms with Crippen LogP contribution in [-0.4, -0.2) is 5.12 Å². The molecule has 0 radical (unpaired) electrons. The van der Waals surface area contributed by atoms with Gasteiger partial charge in [-0.3, -0.25) is 4.79 Å². The van der Waals surface area contributed by atoms with E-state index in [2.05, 4.69) is 12.6 Å². The lowest BCUT2D eigenvalue weighted by atomic mass is 10.2. The Bertz CT molecular complexity index is 264. The normalized spacial score (nSPS) is 10.3. The van der Waals surface area contributed by atoms with Gasteiger partial charge in [0.1, 0.15) is 0 Å². The van der Waals surface area contributed by atoms with Gasteiger partial charge in [-0.2, -0.15) is 0 Å². The predicted molar refractivity (Wildman–Crippen MR) is 49.5 cm³/mol. The van der Waals surface area contributed by atoms with Gasteiger partial charge in [-0.15, -0.1) is 12.6 Å². The Labute approximate surface area is 71.2 Å². The zero-order valence-corrected chi connectivity index (χ0v) is 6.79. The molecule has 0 spiro atoms. The highest BCUT2D eigenvalue weighted by molar-refractivity contribution is 7.97. The topological polar surface area (TPSA) is 17.1 Å². The van der Waals surface area contributed by atoms with E-state index in [9.17, 15) is 4.79 Å². The Morgan fingerprint density at radius 1 is 1.27 bits per heavy atom. The fourth-order valence-corrected chi connectivity index (χ4v) is 0.806. The third-order valence-electron chi connectivity index (χ3n) is 1.22. The van der Waals surface area contributed by atoms with Crippen LogP contribution in [0.4, 0.5) is 0 Å². The summed E-state index contributed by atoms with van der Waals surface area (Å²) in [6, 6.07) is 9.62. The first-order valence-corrected chi connectivity index (χ1v) is 3.70. The number of thiol groups is 1. The number of carbonyl (C=O) groups is 1. The fraction of sp³-hybridized carbons (Fsp3) is 0. The Hall–Kier alpha value is -1.02. The van der Waals surface area contributed by atoms with Crippen LogP contribution in [0.25, 0.3) is 6.08 Å². The van der Waals surface area contributed by atoms with Crippen molar-refractivity contribution in [3.63, 3.8) is 0 Å². The number of hydrogen-bond acceptors (Lipinski definition) is 1. The molecule has 0 bridgehead atoms. The molecule has 0 atom stereocenters. The van der Waals surface area contributed by atoms with Crippen LogP contribution < -0.4 is 0 Å². The standard InChI is InChI=1S/C9H8OS/c10-9(11)7-6-8-4-2-1-3-5-8/h1-7H,(H,10,11)/b7-6+. The average Bonchev–Trinajstić information content (AvgIpc) is 2.03. The van der Waals surface area contributed by atoms with Crippen LogP contribution in [-0.2, 0) is 4.79 Å². The minimum Gasteiger partial charge on any atom is -0.283 e. The Kier molecular flexibility index (Phi) is 2.93. The van der Waals surface area contributed by atoms with Crippen LogP contribution in [0.3, 0.4) is 0 Å². The van der Waals surface area contributed by atoms with Crippen molar-refractivity contribution in [3.05, 3.63) is 42.0 Å². The van der Waals surface area contributed by atoms with E-state index >= 15 is 0 Å². The van der Waals surface area contributed by atoms with Crippen molar-refractivity contribution in [2.45, 2.75) is 0 Å². The van der Waals surface area contributed by atoms with Gasteiger partial charge in [0, 0.05) is 0 Å².